The van der Waals surface area contributed by atoms with Crippen molar-refractivity contribution in [3.8, 4) is 0 Å². The van der Waals surface area contributed by atoms with Gasteiger partial charge in [0.25, 0.3) is 0 Å². The van der Waals surface area contributed by atoms with E-state index >= 15 is 0 Å². The molecule has 2 unspecified atom stereocenters. The molecule has 4 nitrogen and oxygen atoms in total. The van der Waals surface area contributed by atoms with Crippen molar-refractivity contribution in [2.45, 2.75) is 76.9 Å². The molecule has 1 aromatic heterocycles. The van der Waals surface area contributed by atoms with Gasteiger partial charge in [-0.2, -0.15) is 5.10 Å². The lowest BCUT2D eigenvalue weighted by Gasteiger charge is -2.37. The largest absolute Gasteiger partial charge is 0.417 e. The average molecular weight is 310 g/mol. The molecule has 2 rings (SSSR count). The first-order valence-electron chi connectivity index (χ1n) is 8.29. The van der Waals surface area contributed by atoms with Crippen molar-refractivity contribution in [1.29, 1.82) is 0 Å². The van der Waals surface area contributed by atoms with Crippen molar-refractivity contribution < 1.29 is 4.43 Å². The second-order valence-electron chi connectivity index (χ2n) is 8.03. The second kappa shape index (κ2) is 6.61. The summed E-state index contributed by atoms with van der Waals surface area (Å²) in [5.41, 5.74) is 0. The highest BCUT2D eigenvalue weighted by molar-refractivity contribution is 6.74. The van der Waals surface area contributed by atoms with Gasteiger partial charge in [-0.25, -0.2) is 4.98 Å². The second-order valence-corrected chi connectivity index (χ2v) is 12.8. The Labute approximate surface area is 130 Å². The molecule has 0 saturated heterocycles. The van der Waals surface area contributed by atoms with E-state index in [4.69, 9.17) is 4.43 Å². The number of aromatic amines is 1. The smallest absolute Gasteiger partial charge is 0.191 e. The van der Waals surface area contributed by atoms with E-state index in [0.29, 0.717) is 16.9 Å². The predicted molar refractivity (Wildman–Crippen MR) is 88.8 cm³/mol. The summed E-state index contributed by atoms with van der Waals surface area (Å²) in [6.07, 6.45) is 7.94. The van der Waals surface area contributed by atoms with Crippen molar-refractivity contribution in [2.75, 3.05) is 6.61 Å². The highest BCUT2D eigenvalue weighted by Crippen LogP contribution is 2.38. The summed E-state index contributed by atoms with van der Waals surface area (Å²) in [5.74, 6) is 2.26. The van der Waals surface area contributed by atoms with Crippen LogP contribution in [0.15, 0.2) is 6.33 Å². The molecule has 0 spiro atoms. The Morgan fingerprint density at radius 1 is 1.29 bits per heavy atom. The minimum absolute atomic E-state index is 0.294. The fourth-order valence-electron chi connectivity index (χ4n) is 2.82. The van der Waals surface area contributed by atoms with Gasteiger partial charge in [-0.1, -0.05) is 33.6 Å². The van der Waals surface area contributed by atoms with Crippen LogP contribution >= 0.6 is 0 Å². The van der Waals surface area contributed by atoms with E-state index < -0.39 is 8.32 Å². The van der Waals surface area contributed by atoms with Crippen LogP contribution in [0.5, 0.6) is 0 Å². The molecular formula is C16H31N3OSi. The molecule has 1 aromatic rings. The van der Waals surface area contributed by atoms with E-state index in [0.717, 1.165) is 12.4 Å². The van der Waals surface area contributed by atoms with E-state index in [9.17, 15) is 0 Å². The number of rotatable bonds is 4. The van der Waals surface area contributed by atoms with Gasteiger partial charge >= 0.3 is 0 Å². The molecule has 1 heterocycles. The molecule has 1 fully saturated rings. The fraction of sp³-hybridized carbons (Fsp3) is 0.875. The van der Waals surface area contributed by atoms with Gasteiger partial charge in [0.1, 0.15) is 12.2 Å². The van der Waals surface area contributed by atoms with Crippen LogP contribution in [-0.4, -0.2) is 30.1 Å². The van der Waals surface area contributed by atoms with Gasteiger partial charge in [-0.3, -0.25) is 5.10 Å². The van der Waals surface area contributed by atoms with E-state index in [1.807, 2.05) is 0 Å². The first-order valence-corrected chi connectivity index (χ1v) is 11.2. The summed E-state index contributed by atoms with van der Waals surface area (Å²) < 4.78 is 6.45. The molecule has 0 bridgehead atoms. The Balaban J connectivity index is 1.93. The molecule has 1 aliphatic carbocycles. The lowest BCUT2D eigenvalue weighted by atomic mass is 9.93. The topological polar surface area (TPSA) is 50.8 Å². The lowest BCUT2D eigenvalue weighted by Crippen LogP contribution is -2.42. The molecule has 1 saturated carbocycles. The third-order valence-electron chi connectivity index (χ3n) is 5.34. The molecule has 0 aliphatic heterocycles. The molecular weight excluding hydrogens is 278 g/mol. The minimum atomic E-state index is -1.63. The Hall–Kier alpha value is -0.683. The van der Waals surface area contributed by atoms with Crippen molar-refractivity contribution in [2.24, 2.45) is 5.92 Å². The van der Waals surface area contributed by atoms with Crippen LogP contribution in [-0.2, 0) is 4.43 Å². The van der Waals surface area contributed by atoms with Gasteiger partial charge in [0, 0.05) is 12.5 Å². The number of hydrogen-bond acceptors (Lipinski definition) is 3. The van der Waals surface area contributed by atoms with Crippen molar-refractivity contribution in [3.63, 3.8) is 0 Å². The first-order chi connectivity index (χ1) is 9.79. The predicted octanol–water partition coefficient (Wildman–Crippen LogP) is 4.49. The van der Waals surface area contributed by atoms with E-state index in [1.165, 1.54) is 32.1 Å². The molecule has 0 amide bonds. The Morgan fingerprint density at radius 2 is 2.00 bits per heavy atom. The zero-order valence-electron chi connectivity index (χ0n) is 14.3. The number of hydrogen-bond donors (Lipinski definition) is 1. The fourth-order valence-corrected chi connectivity index (χ4v) is 3.90. The first kappa shape index (κ1) is 16.7. The third kappa shape index (κ3) is 4.39. The highest BCUT2D eigenvalue weighted by atomic mass is 28.4. The zero-order valence-corrected chi connectivity index (χ0v) is 15.3. The van der Waals surface area contributed by atoms with Gasteiger partial charge in [-0.05, 0) is 43.3 Å². The van der Waals surface area contributed by atoms with Crippen molar-refractivity contribution in [1.82, 2.24) is 15.2 Å². The Kier molecular flexibility index (Phi) is 5.25. The number of aromatic nitrogens is 3. The van der Waals surface area contributed by atoms with E-state index in [2.05, 4.69) is 49.0 Å². The Morgan fingerprint density at radius 3 is 2.62 bits per heavy atom. The molecule has 0 aromatic carbocycles. The molecule has 2 atom stereocenters. The van der Waals surface area contributed by atoms with Crippen LogP contribution in [0.2, 0.25) is 18.1 Å². The summed E-state index contributed by atoms with van der Waals surface area (Å²) >= 11 is 0. The van der Waals surface area contributed by atoms with Gasteiger partial charge in [0.15, 0.2) is 8.32 Å². The maximum absolute atomic E-state index is 6.45. The van der Waals surface area contributed by atoms with Gasteiger partial charge in [0.2, 0.25) is 0 Å². The highest BCUT2D eigenvalue weighted by Gasteiger charge is 2.37. The summed E-state index contributed by atoms with van der Waals surface area (Å²) in [4.78, 5) is 4.37. The number of nitrogens with zero attached hydrogens (tertiary/aromatic N) is 2. The van der Waals surface area contributed by atoms with E-state index in [1.54, 1.807) is 6.33 Å². The summed E-state index contributed by atoms with van der Waals surface area (Å²) in [5, 5.41) is 7.36. The molecule has 5 heteroatoms. The van der Waals surface area contributed by atoms with Crippen LogP contribution in [0.3, 0.4) is 0 Å². The molecule has 1 N–H and O–H groups in total. The van der Waals surface area contributed by atoms with Gasteiger partial charge in [-0.15, -0.1) is 0 Å². The molecule has 120 valence electrons. The number of nitrogens with one attached hydrogen (secondary N) is 1. The van der Waals surface area contributed by atoms with Crippen molar-refractivity contribution in [3.05, 3.63) is 12.2 Å². The molecule has 0 radical (unpaired) electrons. The maximum Gasteiger partial charge on any atom is 0.191 e. The minimum Gasteiger partial charge on any atom is -0.417 e. The third-order valence-corrected chi connectivity index (χ3v) is 9.84. The van der Waals surface area contributed by atoms with Crippen LogP contribution in [0, 0.1) is 5.92 Å². The maximum atomic E-state index is 6.45. The van der Waals surface area contributed by atoms with Gasteiger partial charge < -0.3 is 4.43 Å². The SMILES string of the molecule is CC(C)(C)[Si](C)(C)OCC1CCCCC(c2ncn[nH]2)C1. The standard InChI is InChI=1S/C16H31N3OSi/c1-16(2,3)21(4,5)20-11-13-8-6-7-9-14(10-13)15-17-12-18-19-15/h12-14H,6-11H2,1-5H3,(H,17,18,19). The Bertz CT molecular complexity index is 425. The quantitative estimate of drug-likeness (QED) is 0.658. The van der Waals surface area contributed by atoms with E-state index in [-0.39, 0.29) is 0 Å². The normalized spacial score (nSPS) is 24.8. The van der Waals surface area contributed by atoms with Crippen LogP contribution in [0.25, 0.3) is 0 Å². The summed E-state index contributed by atoms with van der Waals surface area (Å²) in [6, 6.07) is 0. The van der Waals surface area contributed by atoms with Crippen LogP contribution in [0.4, 0.5) is 0 Å². The zero-order chi connectivity index (χ0) is 15.5. The van der Waals surface area contributed by atoms with Crippen molar-refractivity contribution >= 4 is 8.32 Å². The van der Waals surface area contributed by atoms with Crippen LogP contribution < -0.4 is 0 Å². The van der Waals surface area contributed by atoms with Gasteiger partial charge in [0.05, 0.1) is 0 Å². The number of H-pyrrole nitrogens is 1. The summed E-state index contributed by atoms with van der Waals surface area (Å²) in [6.45, 7) is 12.5. The molecule has 1 aliphatic rings. The lowest BCUT2D eigenvalue weighted by molar-refractivity contribution is 0.210. The molecule has 21 heavy (non-hydrogen) atoms. The summed E-state index contributed by atoms with van der Waals surface area (Å²) in [7, 11) is -1.63. The monoisotopic (exact) mass is 309 g/mol. The van der Waals surface area contributed by atoms with Crippen LogP contribution in [0.1, 0.15) is 64.6 Å². The average Bonchev–Trinajstić information content (AvgIpc) is 2.81.